The quantitative estimate of drug-likeness (QED) is 0.699. The van der Waals surface area contributed by atoms with Gasteiger partial charge in [-0.25, -0.2) is 4.79 Å². The van der Waals surface area contributed by atoms with Crippen molar-refractivity contribution in [3.05, 3.63) is 23.8 Å². The molecule has 1 saturated carbocycles. The van der Waals surface area contributed by atoms with Crippen molar-refractivity contribution >= 4 is 18.6 Å². The van der Waals surface area contributed by atoms with Gasteiger partial charge in [-0.2, -0.15) is 0 Å². The van der Waals surface area contributed by atoms with Crippen LogP contribution in [0.15, 0.2) is 18.2 Å². The van der Waals surface area contributed by atoms with Gasteiger partial charge in [-0.1, -0.05) is 12.5 Å². The van der Waals surface area contributed by atoms with E-state index in [1.807, 2.05) is 0 Å². The average Bonchev–Trinajstić information content (AvgIpc) is 2.39. The Balaban J connectivity index is 2.23. The molecule has 3 N–H and O–H groups in total. The van der Waals surface area contributed by atoms with Crippen LogP contribution in [0.25, 0.3) is 0 Å². The van der Waals surface area contributed by atoms with E-state index in [1.54, 1.807) is 0 Å². The largest absolute Gasteiger partial charge is 0.490 e. The highest BCUT2D eigenvalue weighted by Gasteiger charge is 2.21. The number of aromatic carboxylic acids is 1. The number of carboxylic acid groups (broad SMARTS) is 1. The molecule has 0 aromatic heterocycles. The first-order chi connectivity index (χ1) is 9.08. The molecule has 2 rings (SSSR count). The Bertz CT molecular complexity index is 454. The summed E-state index contributed by atoms with van der Waals surface area (Å²) in [5, 5.41) is 27.4. The van der Waals surface area contributed by atoms with Crippen molar-refractivity contribution in [1.29, 1.82) is 0 Å². The van der Waals surface area contributed by atoms with E-state index >= 15 is 0 Å². The Morgan fingerprint density at radius 3 is 2.47 bits per heavy atom. The summed E-state index contributed by atoms with van der Waals surface area (Å²) in [6, 6.07) is 4.11. The van der Waals surface area contributed by atoms with Gasteiger partial charge in [-0.15, -0.1) is 0 Å². The Labute approximate surface area is 112 Å². The van der Waals surface area contributed by atoms with Gasteiger partial charge in [0.2, 0.25) is 0 Å². The SMILES string of the molecule is O=C(O)c1ccc(B(O)O)cc1OC1CCCCC1. The lowest BCUT2D eigenvalue weighted by Gasteiger charge is -2.24. The molecule has 1 aliphatic rings. The van der Waals surface area contributed by atoms with Crippen molar-refractivity contribution in [2.24, 2.45) is 0 Å². The van der Waals surface area contributed by atoms with Crippen LogP contribution in [0.4, 0.5) is 0 Å². The van der Waals surface area contributed by atoms with Crippen LogP contribution in [0.5, 0.6) is 5.75 Å². The molecule has 0 spiro atoms. The second-order valence-corrected chi connectivity index (χ2v) is 4.81. The van der Waals surface area contributed by atoms with Crippen molar-refractivity contribution in [1.82, 2.24) is 0 Å². The molecule has 5 nitrogen and oxygen atoms in total. The Hall–Kier alpha value is -1.53. The highest BCUT2D eigenvalue weighted by atomic mass is 16.5. The summed E-state index contributed by atoms with van der Waals surface area (Å²) in [5.41, 5.74) is 0.283. The fourth-order valence-electron chi connectivity index (χ4n) is 2.34. The maximum absolute atomic E-state index is 11.1. The maximum atomic E-state index is 11.1. The van der Waals surface area contributed by atoms with Gasteiger partial charge in [0.1, 0.15) is 11.3 Å². The van der Waals surface area contributed by atoms with Crippen LogP contribution in [-0.2, 0) is 0 Å². The zero-order valence-corrected chi connectivity index (χ0v) is 10.6. The predicted molar refractivity (Wildman–Crippen MR) is 70.7 cm³/mol. The molecule has 1 aliphatic carbocycles. The molecule has 6 heteroatoms. The molecule has 1 aromatic carbocycles. The fraction of sp³-hybridized carbons (Fsp3) is 0.462. The van der Waals surface area contributed by atoms with Crippen LogP contribution in [0.3, 0.4) is 0 Å². The number of ether oxygens (including phenoxy) is 1. The lowest BCUT2D eigenvalue weighted by molar-refractivity contribution is 0.0686. The van der Waals surface area contributed by atoms with Gasteiger partial charge in [-0.05, 0) is 43.3 Å². The van der Waals surface area contributed by atoms with E-state index in [4.69, 9.17) is 19.9 Å². The summed E-state index contributed by atoms with van der Waals surface area (Å²) in [6.45, 7) is 0. The number of carbonyl (C=O) groups is 1. The van der Waals surface area contributed by atoms with E-state index in [0.29, 0.717) is 0 Å². The average molecular weight is 264 g/mol. The number of hydrogen-bond acceptors (Lipinski definition) is 4. The third kappa shape index (κ3) is 3.48. The van der Waals surface area contributed by atoms with Crippen molar-refractivity contribution < 1.29 is 24.7 Å². The standard InChI is InChI=1S/C13H17BO5/c15-13(16)11-7-6-9(14(17)18)8-12(11)19-10-4-2-1-3-5-10/h6-8,10,17-18H,1-5H2,(H,15,16). The number of benzene rings is 1. The zero-order chi connectivity index (χ0) is 13.8. The first-order valence-corrected chi connectivity index (χ1v) is 6.48. The van der Waals surface area contributed by atoms with Gasteiger partial charge in [0.25, 0.3) is 0 Å². The topological polar surface area (TPSA) is 87.0 Å². The predicted octanol–water partition coefficient (Wildman–Crippen LogP) is 0.776. The third-order valence-corrected chi connectivity index (χ3v) is 3.38. The molecule has 0 bridgehead atoms. The second-order valence-electron chi connectivity index (χ2n) is 4.81. The Kier molecular flexibility index (Phi) is 4.45. The van der Waals surface area contributed by atoms with Gasteiger partial charge in [0.15, 0.2) is 0 Å². The summed E-state index contributed by atoms with van der Waals surface area (Å²) in [4.78, 5) is 11.1. The number of carboxylic acids is 1. The summed E-state index contributed by atoms with van der Waals surface area (Å²) in [6.07, 6.45) is 5.17. The van der Waals surface area contributed by atoms with E-state index in [2.05, 4.69) is 0 Å². The van der Waals surface area contributed by atoms with Crippen LogP contribution in [0.2, 0.25) is 0 Å². The monoisotopic (exact) mass is 264 g/mol. The number of hydrogen-bond donors (Lipinski definition) is 3. The molecule has 0 amide bonds. The first-order valence-electron chi connectivity index (χ1n) is 6.48. The van der Waals surface area contributed by atoms with Crippen LogP contribution in [0.1, 0.15) is 42.5 Å². The highest BCUT2D eigenvalue weighted by molar-refractivity contribution is 6.58. The normalized spacial score (nSPS) is 16.1. The summed E-state index contributed by atoms with van der Waals surface area (Å²) >= 11 is 0. The lowest BCUT2D eigenvalue weighted by Crippen LogP contribution is -2.31. The zero-order valence-electron chi connectivity index (χ0n) is 10.6. The molecule has 0 unspecified atom stereocenters. The lowest BCUT2D eigenvalue weighted by atomic mass is 9.80. The maximum Gasteiger partial charge on any atom is 0.488 e. The van der Waals surface area contributed by atoms with Crippen molar-refractivity contribution in [2.75, 3.05) is 0 Å². The molecule has 0 aliphatic heterocycles. The van der Waals surface area contributed by atoms with Gasteiger partial charge in [0, 0.05) is 0 Å². The van der Waals surface area contributed by atoms with Crippen LogP contribution in [-0.4, -0.2) is 34.3 Å². The highest BCUT2D eigenvalue weighted by Crippen LogP contribution is 2.25. The summed E-state index contributed by atoms with van der Waals surface area (Å²) in [7, 11) is -1.63. The van der Waals surface area contributed by atoms with E-state index < -0.39 is 13.1 Å². The fourth-order valence-corrected chi connectivity index (χ4v) is 2.34. The smallest absolute Gasteiger partial charge is 0.488 e. The molecule has 1 fully saturated rings. The molecular formula is C13H17BO5. The van der Waals surface area contributed by atoms with Crippen LogP contribution >= 0.6 is 0 Å². The van der Waals surface area contributed by atoms with Crippen molar-refractivity contribution in [3.63, 3.8) is 0 Å². The van der Waals surface area contributed by atoms with Gasteiger partial charge >= 0.3 is 13.1 Å². The molecule has 0 atom stereocenters. The third-order valence-electron chi connectivity index (χ3n) is 3.38. The van der Waals surface area contributed by atoms with E-state index in [9.17, 15) is 4.79 Å². The minimum atomic E-state index is -1.63. The van der Waals surface area contributed by atoms with E-state index in [0.717, 1.165) is 25.7 Å². The van der Waals surface area contributed by atoms with E-state index in [-0.39, 0.29) is 22.9 Å². The van der Waals surface area contributed by atoms with Crippen LogP contribution in [0, 0.1) is 0 Å². The van der Waals surface area contributed by atoms with Crippen molar-refractivity contribution in [3.8, 4) is 5.75 Å². The van der Waals surface area contributed by atoms with Gasteiger partial charge in [0.05, 0.1) is 6.10 Å². The first kappa shape index (κ1) is 13.9. The summed E-state index contributed by atoms with van der Waals surface area (Å²) < 4.78 is 5.74. The molecule has 0 radical (unpaired) electrons. The Morgan fingerprint density at radius 2 is 1.89 bits per heavy atom. The molecule has 0 saturated heterocycles. The number of rotatable bonds is 4. The molecular weight excluding hydrogens is 247 g/mol. The van der Waals surface area contributed by atoms with Crippen LogP contribution < -0.4 is 10.2 Å². The van der Waals surface area contributed by atoms with Gasteiger partial charge < -0.3 is 19.9 Å². The van der Waals surface area contributed by atoms with Crippen molar-refractivity contribution in [2.45, 2.75) is 38.2 Å². The molecule has 0 heterocycles. The molecule has 102 valence electrons. The van der Waals surface area contributed by atoms with E-state index in [1.165, 1.54) is 24.6 Å². The minimum Gasteiger partial charge on any atom is -0.490 e. The summed E-state index contributed by atoms with van der Waals surface area (Å²) in [5.74, 6) is -0.866. The molecule has 1 aromatic rings. The Morgan fingerprint density at radius 1 is 1.21 bits per heavy atom. The molecule has 19 heavy (non-hydrogen) atoms. The van der Waals surface area contributed by atoms with Gasteiger partial charge in [-0.3, -0.25) is 0 Å². The minimum absolute atomic E-state index is 0.0120. The second kappa shape index (κ2) is 6.08.